The van der Waals surface area contributed by atoms with Gasteiger partial charge >= 0.3 is 5.69 Å². The number of aromatic hydroxyl groups is 1. The molecule has 1 aromatic carbocycles. The fraction of sp³-hybridized carbons (Fsp3) is 0.222. The van der Waals surface area contributed by atoms with E-state index in [1.54, 1.807) is 0 Å². The third kappa shape index (κ3) is 2.93. The highest BCUT2D eigenvalue weighted by Crippen LogP contribution is 2.36. The average molecular weight is 271 g/mol. The van der Waals surface area contributed by atoms with Crippen LogP contribution in [0.1, 0.15) is 5.56 Å². The van der Waals surface area contributed by atoms with Crippen LogP contribution in [0.5, 0.6) is 5.75 Å². The first kappa shape index (κ1) is 14.3. The molecule has 0 fully saturated rings. The molecule has 0 radical (unpaired) electrons. The minimum absolute atomic E-state index is 0.501. The summed E-state index contributed by atoms with van der Waals surface area (Å²) in [7, 11) is 0. The van der Waals surface area contributed by atoms with Crippen molar-refractivity contribution in [2.45, 2.75) is 12.5 Å². The smallest absolute Gasteiger partial charge is 0.320 e. The van der Waals surface area contributed by atoms with Gasteiger partial charge in [-0.15, -0.1) is 0 Å². The summed E-state index contributed by atoms with van der Waals surface area (Å²) in [4.78, 5) is 30.2. The van der Waals surface area contributed by atoms with Crippen LogP contribution < -0.4 is 10.8 Å². The van der Waals surface area contributed by atoms with E-state index in [1.165, 1.54) is 0 Å². The number of phenolic OH excluding ortho intramolecular Hbond substituents is 1. The molecule has 4 N–H and O–H groups in total. The van der Waals surface area contributed by atoms with E-state index in [2.05, 4.69) is 5.73 Å². The molecule has 10 nitrogen and oxygen atoms in total. The number of carboxylic acids is 1. The normalized spacial score (nSPS) is 11.8. The van der Waals surface area contributed by atoms with Crippen LogP contribution in [0.4, 0.5) is 11.4 Å². The molecule has 1 unspecified atom stereocenters. The first-order valence-corrected chi connectivity index (χ1v) is 4.93. The van der Waals surface area contributed by atoms with Gasteiger partial charge in [0, 0.05) is 12.5 Å². The van der Waals surface area contributed by atoms with Crippen molar-refractivity contribution >= 4 is 17.3 Å². The highest BCUT2D eigenvalue weighted by atomic mass is 16.6. The number of carbonyl (C=O) groups excluding carboxylic acids is 1. The SMILES string of the molecule is [NH3+]C(Cc1c([N+](=O)[O-])ccc(O)c1[N+](=O)[O-])C(=O)[O-]. The molecule has 0 saturated heterocycles. The Balaban J connectivity index is 3.46. The van der Waals surface area contributed by atoms with Gasteiger partial charge in [-0.3, -0.25) is 20.2 Å². The molecule has 1 aromatic rings. The van der Waals surface area contributed by atoms with Crippen molar-refractivity contribution in [3.05, 3.63) is 37.9 Å². The van der Waals surface area contributed by atoms with Gasteiger partial charge in [0.05, 0.1) is 15.8 Å². The van der Waals surface area contributed by atoms with E-state index < -0.39 is 51.0 Å². The largest absolute Gasteiger partial charge is 0.544 e. The number of hydrogen-bond donors (Lipinski definition) is 2. The van der Waals surface area contributed by atoms with Crippen molar-refractivity contribution in [3.8, 4) is 5.75 Å². The lowest BCUT2D eigenvalue weighted by Gasteiger charge is -2.10. The Labute approximate surface area is 105 Å². The summed E-state index contributed by atoms with van der Waals surface area (Å²) in [6, 6.07) is 0.246. The number of nitrogens with zero attached hydrogens (tertiary/aromatic N) is 2. The van der Waals surface area contributed by atoms with Crippen molar-refractivity contribution in [1.82, 2.24) is 0 Å². The van der Waals surface area contributed by atoms with E-state index in [0.29, 0.717) is 0 Å². The Hall–Kier alpha value is -2.75. The van der Waals surface area contributed by atoms with Crippen molar-refractivity contribution in [2.24, 2.45) is 0 Å². The molecule has 0 spiro atoms. The van der Waals surface area contributed by atoms with Gasteiger partial charge in [-0.1, -0.05) is 0 Å². The van der Waals surface area contributed by atoms with Gasteiger partial charge in [0.15, 0.2) is 5.75 Å². The molecule has 0 aliphatic heterocycles. The van der Waals surface area contributed by atoms with Crippen LogP contribution in [0.25, 0.3) is 0 Å². The summed E-state index contributed by atoms with van der Waals surface area (Å²) >= 11 is 0. The predicted octanol–water partition coefficient (Wildman–Crippen LogP) is -1.89. The summed E-state index contributed by atoms with van der Waals surface area (Å²) in [5.41, 5.74) is 1.12. The Kier molecular flexibility index (Phi) is 3.97. The molecule has 10 heteroatoms. The van der Waals surface area contributed by atoms with Gasteiger partial charge in [-0.05, 0) is 6.07 Å². The van der Waals surface area contributed by atoms with E-state index in [4.69, 9.17) is 0 Å². The average Bonchev–Trinajstić information content (AvgIpc) is 2.27. The lowest BCUT2D eigenvalue weighted by atomic mass is 10.0. The molecule has 0 heterocycles. The monoisotopic (exact) mass is 271 g/mol. The Morgan fingerprint density at radius 3 is 2.32 bits per heavy atom. The topological polar surface area (TPSA) is 174 Å². The minimum Gasteiger partial charge on any atom is -0.544 e. The zero-order chi connectivity index (χ0) is 14.7. The van der Waals surface area contributed by atoms with Gasteiger partial charge in [0.2, 0.25) is 0 Å². The molecular formula is C9H9N3O7. The van der Waals surface area contributed by atoms with Crippen LogP contribution in [0.2, 0.25) is 0 Å². The summed E-state index contributed by atoms with van der Waals surface area (Å²) in [5.74, 6) is -2.39. The number of phenols is 1. The second-order valence-electron chi connectivity index (χ2n) is 3.67. The van der Waals surface area contributed by atoms with Gasteiger partial charge < -0.3 is 20.7 Å². The number of quaternary nitrogens is 1. The van der Waals surface area contributed by atoms with Gasteiger partial charge in [0.25, 0.3) is 5.69 Å². The van der Waals surface area contributed by atoms with Crippen LogP contribution in [-0.2, 0) is 11.2 Å². The van der Waals surface area contributed by atoms with Crippen LogP contribution in [0.15, 0.2) is 12.1 Å². The predicted molar refractivity (Wildman–Crippen MR) is 56.8 cm³/mol. The van der Waals surface area contributed by atoms with Crippen molar-refractivity contribution in [1.29, 1.82) is 0 Å². The summed E-state index contributed by atoms with van der Waals surface area (Å²) in [6.07, 6.45) is -0.594. The number of carboxylic acid groups (broad SMARTS) is 1. The van der Waals surface area contributed by atoms with E-state index in [1.807, 2.05) is 0 Å². The maximum absolute atomic E-state index is 10.8. The third-order valence-electron chi connectivity index (χ3n) is 2.40. The summed E-state index contributed by atoms with van der Waals surface area (Å²) < 4.78 is 0. The van der Waals surface area contributed by atoms with Crippen molar-refractivity contribution in [3.63, 3.8) is 0 Å². The lowest BCUT2D eigenvalue weighted by Crippen LogP contribution is -2.69. The first-order valence-electron chi connectivity index (χ1n) is 4.93. The van der Waals surface area contributed by atoms with Gasteiger partial charge in [0.1, 0.15) is 11.6 Å². The molecule has 0 aliphatic rings. The Morgan fingerprint density at radius 1 is 1.32 bits per heavy atom. The number of aliphatic carboxylic acids is 1. The molecule has 1 atom stereocenters. The molecule has 102 valence electrons. The Morgan fingerprint density at radius 2 is 1.89 bits per heavy atom. The van der Waals surface area contributed by atoms with Crippen LogP contribution in [0, 0.1) is 20.2 Å². The first-order chi connectivity index (χ1) is 8.75. The number of hydrogen-bond acceptors (Lipinski definition) is 7. The van der Waals surface area contributed by atoms with Gasteiger partial charge in [-0.25, -0.2) is 0 Å². The number of nitro benzene ring substituents is 2. The highest BCUT2D eigenvalue weighted by Gasteiger charge is 2.31. The summed E-state index contributed by atoms with van der Waals surface area (Å²) in [5, 5.41) is 41.5. The Bertz CT molecular complexity index is 557. The van der Waals surface area contributed by atoms with E-state index in [0.717, 1.165) is 12.1 Å². The van der Waals surface area contributed by atoms with Crippen molar-refractivity contribution < 1.29 is 30.6 Å². The standard InChI is InChI=1S/C9H9N3O7/c10-5(9(14)15)3-4-6(11(16)17)1-2-7(13)8(4)12(18)19/h1-2,5,13H,3,10H2,(H,14,15). The van der Waals surface area contributed by atoms with Crippen LogP contribution in [-0.4, -0.2) is 27.0 Å². The van der Waals surface area contributed by atoms with E-state index in [-0.39, 0.29) is 0 Å². The van der Waals surface area contributed by atoms with Crippen LogP contribution in [0.3, 0.4) is 0 Å². The quantitative estimate of drug-likeness (QED) is 0.464. The lowest BCUT2D eigenvalue weighted by molar-refractivity contribution is -0.438. The maximum Gasteiger partial charge on any atom is 0.320 e. The molecule has 19 heavy (non-hydrogen) atoms. The minimum atomic E-state index is -1.60. The number of carbonyl (C=O) groups is 1. The van der Waals surface area contributed by atoms with E-state index in [9.17, 15) is 35.2 Å². The maximum atomic E-state index is 10.8. The molecule has 0 aliphatic carbocycles. The number of benzene rings is 1. The highest BCUT2D eigenvalue weighted by molar-refractivity contribution is 5.71. The fourth-order valence-corrected chi connectivity index (χ4v) is 1.52. The van der Waals surface area contributed by atoms with Crippen molar-refractivity contribution in [2.75, 3.05) is 0 Å². The molecule has 0 saturated carbocycles. The number of rotatable bonds is 5. The summed E-state index contributed by atoms with van der Waals surface area (Å²) in [6.45, 7) is 0. The molecule has 0 aromatic heterocycles. The molecule has 1 rings (SSSR count). The molecule has 0 bridgehead atoms. The van der Waals surface area contributed by atoms with E-state index >= 15 is 0 Å². The zero-order valence-corrected chi connectivity index (χ0v) is 9.44. The molecule has 0 amide bonds. The van der Waals surface area contributed by atoms with Crippen LogP contribution >= 0.6 is 0 Å². The number of nitro groups is 2. The fourth-order valence-electron chi connectivity index (χ4n) is 1.52. The third-order valence-corrected chi connectivity index (χ3v) is 2.40. The second kappa shape index (κ2) is 5.27. The molecular weight excluding hydrogens is 262 g/mol. The van der Waals surface area contributed by atoms with Gasteiger partial charge in [-0.2, -0.15) is 0 Å². The zero-order valence-electron chi connectivity index (χ0n) is 9.44. The second-order valence-corrected chi connectivity index (χ2v) is 3.67.